The number of benzene rings is 1. The van der Waals surface area contributed by atoms with Gasteiger partial charge in [-0.15, -0.1) is 0 Å². The molecule has 0 atom stereocenters. The molecule has 1 aliphatic heterocycles. The number of anilines is 2. The van der Waals surface area contributed by atoms with Gasteiger partial charge in [0.2, 0.25) is 0 Å². The van der Waals surface area contributed by atoms with Gasteiger partial charge in [0.1, 0.15) is 5.82 Å². The predicted octanol–water partition coefficient (Wildman–Crippen LogP) is 3.54. The van der Waals surface area contributed by atoms with Crippen LogP contribution in [-0.4, -0.2) is 36.1 Å². The Hall–Kier alpha value is -2.20. The predicted molar refractivity (Wildman–Crippen MR) is 92.0 cm³/mol. The SMILES string of the molecule is Clc1cc(N2CCN(c3ccccn3)CC2)c2cc[nH]c2c1. The van der Waals surface area contributed by atoms with Crippen molar-refractivity contribution in [1.29, 1.82) is 0 Å². The first-order valence-electron chi connectivity index (χ1n) is 7.49. The number of aromatic nitrogens is 2. The summed E-state index contributed by atoms with van der Waals surface area (Å²) in [6.45, 7) is 3.87. The molecule has 1 aliphatic rings. The Balaban J connectivity index is 1.57. The summed E-state index contributed by atoms with van der Waals surface area (Å²) < 4.78 is 0. The Morgan fingerprint density at radius 3 is 2.59 bits per heavy atom. The van der Waals surface area contributed by atoms with Gasteiger partial charge in [0.05, 0.1) is 0 Å². The fourth-order valence-corrected chi connectivity index (χ4v) is 3.30. The van der Waals surface area contributed by atoms with E-state index in [0.29, 0.717) is 0 Å². The number of pyridine rings is 1. The van der Waals surface area contributed by atoms with Gasteiger partial charge in [-0.25, -0.2) is 4.98 Å². The first-order valence-corrected chi connectivity index (χ1v) is 7.86. The van der Waals surface area contributed by atoms with Crippen molar-refractivity contribution in [3.8, 4) is 0 Å². The third-order valence-electron chi connectivity index (χ3n) is 4.21. The lowest BCUT2D eigenvalue weighted by molar-refractivity contribution is 0.649. The van der Waals surface area contributed by atoms with E-state index in [9.17, 15) is 0 Å². The van der Waals surface area contributed by atoms with Crippen molar-refractivity contribution in [1.82, 2.24) is 9.97 Å². The number of hydrogen-bond acceptors (Lipinski definition) is 3. The van der Waals surface area contributed by atoms with Gasteiger partial charge >= 0.3 is 0 Å². The van der Waals surface area contributed by atoms with Crippen LogP contribution in [0.3, 0.4) is 0 Å². The second kappa shape index (κ2) is 5.54. The second-order valence-electron chi connectivity index (χ2n) is 5.53. The Kier molecular flexibility index (Phi) is 3.39. The van der Waals surface area contributed by atoms with Crippen molar-refractivity contribution in [3.63, 3.8) is 0 Å². The molecule has 0 bridgehead atoms. The normalized spacial score (nSPS) is 15.5. The number of rotatable bonds is 2. The highest BCUT2D eigenvalue weighted by Crippen LogP contribution is 2.31. The molecule has 0 amide bonds. The minimum Gasteiger partial charge on any atom is -0.367 e. The highest BCUT2D eigenvalue weighted by Gasteiger charge is 2.20. The minimum atomic E-state index is 0.775. The van der Waals surface area contributed by atoms with Crippen molar-refractivity contribution in [2.45, 2.75) is 0 Å². The van der Waals surface area contributed by atoms with E-state index in [1.54, 1.807) is 0 Å². The molecule has 0 radical (unpaired) electrons. The molecule has 2 aromatic heterocycles. The highest BCUT2D eigenvalue weighted by molar-refractivity contribution is 6.31. The van der Waals surface area contributed by atoms with E-state index >= 15 is 0 Å². The summed E-state index contributed by atoms with van der Waals surface area (Å²) in [5, 5.41) is 2.01. The van der Waals surface area contributed by atoms with Crippen LogP contribution in [0.1, 0.15) is 0 Å². The van der Waals surface area contributed by atoms with Gasteiger partial charge in [0, 0.05) is 60.2 Å². The average molecular weight is 313 g/mol. The van der Waals surface area contributed by atoms with Gasteiger partial charge in [-0.05, 0) is 30.3 Å². The third kappa shape index (κ3) is 2.40. The van der Waals surface area contributed by atoms with Gasteiger partial charge in [0.25, 0.3) is 0 Å². The number of piperazine rings is 1. The molecule has 112 valence electrons. The van der Waals surface area contributed by atoms with Crippen LogP contribution in [0.15, 0.2) is 48.8 Å². The van der Waals surface area contributed by atoms with Crippen molar-refractivity contribution in [2.24, 2.45) is 0 Å². The molecule has 0 aliphatic carbocycles. The molecular formula is C17H17ClN4. The summed E-state index contributed by atoms with van der Waals surface area (Å²) in [6, 6.07) is 12.2. The number of aromatic amines is 1. The number of hydrogen-bond donors (Lipinski definition) is 1. The van der Waals surface area contributed by atoms with Crippen LogP contribution in [0.2, 0.25) is 5.02 Å². The monoisotopic (exact) mass is 312 g/mol. The van der Waals surface area contributed by atoms with Crippen LogP contribution in [-0.2, 0) is 0 Å². The molecule has 5 heteroatoms. The van der Waals surface area contributed by atoms with Gasteiger partial charge in [0.15, 0.2) is 0 Å². The van der Waals surface area contributed by atoms with Crippen LogP contribution < -0.4 is 9.80 Å². The van der Waals surface area contributed by atoms with Crippen LogP contribution in [0, 0.1) is 0 Å². The van der Waals surface area contributed by atoms with Gasteiger partial charge in [-0.1, -0.05) is 17.7 Å². The van der Waals surface area contributed by atoms with E-state index in [2.05, 4.69) is 38.0 Å². The number of nitrogens with zero attached hydrogens (tertiary/aromatic N) is 3. The standard InChI is InChI=1S/C17H17ClN4/c18-13-11-15-14(4-6-19-15)16(12-13)21-7-9-22(10-8-21)17-3-1-2-5-20-17/h1-6,11-12,19H,7-10H2. The number of H-pyrrole nitrogens is 1. The molecule has 3 heterocycles. The number of nitrogens with one attached hydrogen (secondary N) is 1. The molecule has 1 aromatic carbocycles. The fraction of sp³-hybridized carbons (Fsp3) is 0.235. The zero-order chi connectivity index (χ0) is 14.9. The maximum atomic E-state index is 6.26. The van der Waals surface area contributed by atoms with E-state index in [4.69, 9.17) is 11.6 Å². The quantitative estimate of drug-likeness (QED) is 0.786. The Morgan fingerprint density at radius 1 is 1.00 bits per heavy atom. The molecule has 3 aromatic rings. The van der Waals surface area contributed by atoms with Crippen molar-refractivity contribution >= 4 is 34.0 Å². The lowest BCUT2D eigenvalue weighted by Gasteiger charge is -2.37. The average Bonchev–Trinajstić information content (AvgIpc) is 3.03. The lowest BCUT2D eigenvalue weighted by atomic mass is 10.1. The minimum absolute atomic E-state index is 0.775. The van der Waals surface area contributed by atoms with Crippen LogP contribution >= 0.6 is 11.6 Å². The summed E-state index contributed by atoms with van der Waals surface area (Å²) in [5.74, 6) is 1.06. The van der Waals surface area contributed by atoms with E-state index in [1.807, 2.05) is 30.6 Å². The second-order valence-corrected chi connectivity index (χ2v) is 5.96. The van der Waals surface area contributed by atoms with Crippen LogP contribution in [0.5, 0.6) is 0 Å². The highest BCUT2D eigenvalue weighted by atomic mass is 35.5. The Labute approximate surface area is 134 Å². The summed E-state index contributed by atoms with van der Waals surface area (Å²) in [7, 11) is 0. The summed E-state index contributed by atoms with van der Waals surface area (Å²) in [6.07, 6.45) is 3.82. The Morgan fingerprint density at radius 2 is 1.82 bits per heavy atom. The maximum absolute atomic E-state index is 6.26. The third-order valence-corrected chi connectivity index (χ3v) is 4.42. The first kappa shape index (κ1) is 13.5. The van der Waals surface area contributed by atoms with Crippen LogP contribution in [0.4, 0.5) is 11.5 Å². The smallest absolute Gasteiger partial charge is 0.128 e. The van der Waals surface area contributed by atoms with Crippen molar-refractivity contribution < 1.29 is 0 Å². The molecule has 0 spiro atoms. The summed E-state index contributed by atoms with van der Waals surface area (Å²) in [5.41, 5.74) is 2.30. The Bertz CT molecular complexity index is 776. The summed E-state index contributed by atoms with van der Waals surface area (Å²) >= 11 is 6.26. The van der Waals surface area contributed by atoms with Gasteiger partial charge in [-0.2, -0.15) is 0 Å². The van der Waals surface area contributed by atoms with E-state index in [1.165, 1.54) is 11.1 Å². The van der Waals surface area contributed by atoms with Gasteiger partial charge in [-0.3, -0.25) is 0 Å². The van der Waals surface area contributed by atoms with Crippen molar-refractivity contribution in [3.05, 3.63) is 53.8 Å². The molecule has 1 saturated heterocycles. The van der Waals surface area contributed by atoms with Gasteiger partial charge < -0.3 is 14.8 Å². The largest absolute Gasteiger partial charge is 0.367 e. The molecule has 4 rings (SSSR count). The molecule has 1 N–H and O–H groups in total. The molecule has 0 unspecified atom stereocenters. The van der Waals surface area contributed by atoms with E-state index in [0.717, 1.165) is 42.5 Å². The topological polar surface area (TPSA) is 35.2 Å². The zero-order valence-corrected chi connectivity index (χ0v) is 12.9. The molecule has 0 saturated carbocycles. The molecule has 4 nitrogen and oxygen atoms in total. The molecule has 1 fully saturated rings. The summed E-state index contributed by atoms with van der Waals surface area (Å²) in [4.78, 5) is 12.4. The maximum Gasteiger partial charge on any atom is 0.128 e. The van der Waals surface area contributed by atoms with E-state index < -0.39 is 0 Å². The van der Waals surface area contributed by atoms with Crippen LogP contribution in [0.25, 0.3) is 10.9 Å². The van der Waals surface area contributed by atoms with E-state index in [-0.39, 0.29) is 0 Å². The number of fused-ring (bicyclic) bond motifs is 1. The molecule has 22 heavy (non-hydrogen) atoms. The number of halogens is 1. The van der Waals surface area contributed by atoms with Crippen molar-refractivity contribution in [2.75, 3.05) is 36.0 Å². The first-order chi connectivity index (χ1) is 10.8. The lowest BCUT2D eigenvalue weighted by Crippen LogP contribution is -2.46. The molecular weight excluding hydrogens is 296 g/mol. The zero-order valence-electron chi connectivity index (χ0n) is 12.2. The fourth-order valence-electron chi connectivity index (χ4n) is 3.09.